The second-order valence-corrected chi connectivity index (χ2v) is 8.39. The van der Waals surface area contributed by atoms with Crippen LogP contribution in [0.3, 0.4) is 0 Å². The van der Waals surface area contributed by atoms with Gasteiger partial charge in [0.2, 0.25) is 0 Å². The van der Waals surface area contributed by atoms with E-state index in [0.717, 1.165) is 19.6 Å². The predicted octanol–water partition coefficient (Wildman–Crippen LogP) is -0.103. The number of ether oxygens (including phenoxy) is 7. The lowest BCUT2D eigenvalue weighted by atomic mass is 10.2. The fourth-order valence-corrected chi connectivity index (χ4v) is 2.55. The van der Waals surface area contributed by atoms with Crippen LogP contribution in [0.4, 0.5) is 4.79 Å². The van der Waals surface area contributed by atoms with Gasteiger partial charge < -0.3 is 48.7 Å². The Labute approximate surface area is 210 Å². The molecule has 0 bridgehead atoms. The van der Waals surface area contributed by atoms with Crippen LogP contribution in [0, 0.1) is 0 Å². The normalized spacial score (nSPS) is 11.8. The van der Waals surface area contributed by atoms with Crippen LogP contribution in [-0.4, -0.2) is 145 Å². The van der Waals surface area contributed by atoms with Gasteiger partial charge in [-0.05, 0) is 20.8 Å². The zero-order chi connectivity index (χ0) is 26.0. The second kappa shape index (κ2) is 24.6. The molecule has 0 spiro atoms. The van der Waals surface area contributed by atoms with E-state index < -0.39 is 11.7 Å². The maximum Gasteiger partial charge on any atom is 0.407 e. The van der Waals surface area contributed by atoms with Crippen molar-refractivity contribution >= 4 is 6.09 Å². The zero-order valence-corrected chi connectivity index (χ0v) is 21.8. The van der Waals surface area contributed by atoms with E-state index in [1.165, 1.54) is 0 Å². The summed E-state index contributed by atoms with van der Waals surface area (Å²) in [5.74, 6) is 0. The third-order valence-corrected chi connectivity index (χ3v) is 4.16. The molecule has 0 radical (unpaired) electrons. The molecule has 0 saturated heterocycles. The molecule has 3 N–H and O–H groups in total. The molecule has 0 aromatic rings. The number of amides is 1. The maximum absolute atomic E-state index is 11.5. The van der Waals surface area contributed by atoms with Crippen molar-refractivity contribution in [2.24, 2.45) is 0 Å². The van der Waals surface area contributed by atoms with E-state index in [1.807, 2.05) is 20.8 Å². The van der Waals surface area contributed by atoms with Gasteiger partial charge in [0.15, 0.2) is 0 Å². The minimum absolute atomic E-state index is 0.00677. The molecule has 0 atom stereocenters. The smallest absolute Gasteiger partial charge is 0.407 e. The minimum atomic E-state index is -0.519. The van der Waals surface area contributed by atoms with Crippen LogP contribution in [0.1, 0.15) is 20.8 Å². The van der Waals surface area contributed by atoms with Crippen molar-refractivity contribution in [3.05, 3.63) is 0 Å². The summed E-state index contributed by atoms with van der Waals surface area (Å²) in [6.45, 7) is 13.4. The van der Waals surface area contributed by atoms with Gasteiger partial charge in [0, 0.05) is 26.2 Å². The molecule has 0 heterocycles. The molecule has 0 unspecified atom stereocenters. The number of aliphatic hydroxyl groups is 2. The summed E-state index contributed by atoms with van der Waals surface area (Å²) in [4.78, 5) is 13.7. The molecule has 1 amide bonds. The highest BCUT2D eigenvalue weighted by Crippen LogP contribution is 2.06. The number of carbonyl (C=O) groups is 1. The first-order chi connectivity index (χ1) is 16.9. The van der Waals surface area contributed by atoms with Gasteiger partial charge in [0.1, 0.15) is 5.60 Å². The summed E-state index contributed by atoms with van der Waals surface area (Å²) in [5.41, 5.74) is -0.519. The Balaban J connectivity index is 3.88. The molecule has 0 aliphatic carbocycles. The van der Waals surface area contributed by atoms with Gasteiger partial charge in [-0.25, -0.2) is 4.79 Å². The first kappa shape index (κ1) is 33.9. The van der Waals surface area contributed by atoms with Crippen LogP contribution in [0.15, 0.2) is 0 Å². The van der Waals surface area contributed by atoms with Crippen LogP contribution in [0.25, 0.3) is 0 Å². The molecule has 0 fully saturated rings. The first-order valence-corrected chi connectivity index (χ1v) is 12.3. The number of carbonyl (C=O) groups excluding carboxylic acids is 1. The van der Waals surface area contributed by atoms with Crippen molar-refractivity contribution in [1.82, 2.24) is 10.2 Å². The number of nitrogens with zero attached hydrogens (tertiary/aromatic N) is 1. The number of alkyl carbamates (subject to hydrolysis) is 1. The van der Waals surface area contributed by atoms with Crippen molar-refractivity contribution < 1.29 is 48.2 Å². The van der Waals surface area contributed by atoms with E-state index in [4.69, 9.17) is 43.4 Å². The highest BCUT2D eigenvalue weighted by molar-refractivity contribution is 5.67. The number of hydrogen-bond acceptors (Lipinski definition) is 11. The summed E-state index contributed by atoms with van der Waals surface area (Å²) in [7, 11) is 0. The Hall–Kier alpha value is -1.09. The fraction of sp³-hybridized carbons (Fsp3) is 0.957. The van der Waals surface area contributed by atoms with Crippen molar-refractivity contribution in [3.8, 4) is 0 Å². The average molecular weight is 513 g/mol. The maximum atomic E-state index is 11.5. The molecular formula is C23H48N2O10. The van der Waals surface area contributed by atoms with Gasteiger partial charge in [0.25, 0.3) is 0 Å². The van der Waals surface area contributed by atoms with E-state index in [0.29, 0.717) is 85.8 Å². The molecule has 0 aromatic carbocycles. The first-order valence-electron chi connectivity index (χ1n) is 12.3. The molecule has 210 valence electrons. The summed E-state index contributed by atoms with van der Waals surface area (Å²) in [5, 5.41) is 20.0. The fourth-order valence-electron chi connectivity index (χ4n) is 2.55. The van der Waals surface area contributed by atoms with Crippen LogP contribution >= 0.6 is 0 Å². The highest BCUT2D eigenvalue weighted by atomic mass is 16.6. The monoisotopic (exact) mass is 512 g/mol. The Morgan fingerprint density at radius 2 is 1.00 bits per heavy atom. The molecule has 0 saturated carbocycles. The minimum Gasteiger partial charge on any atom is -0.444 e. The quantitative estimate of drug-likeness (QED) is 0.141. The van der Waals surface area contributed by atoms with Crippen molar-refractivity contribution in [2.75, 3.05) is 119 Å². The van der Waals surface area contributed by atoms with Crippen LogP contribution in [0.2, 0.25) is 0 Å². The standard InChI is InChI=1S/C23H48N2O10/c1-23(2,3)35-22(28)24-4-10-29-16-17-30-11-5-25(6-12-31-18-20-33-14-8-26)7-13-32-19-21-34-15-9-27/h26-27H,4-21H2,1-3H3,(H,24,28). The van der Waals surface area contributed by atoms with Gasteiger partial charge in [-0.3, -0.25) is 4.90 Å². The lowest BCUT2D eigenvalue weighted by molar-refractivity contribution is 0.00535. The average Bonchev–Trinajstić information content (AvgIpc) is 2.80. The highest BCUT2D eigenvalue weighted by Gasteiger charge is 2.15. The summed E-state index contributed by atoms with van der Waals surface area (Å²) in [6, 6.07) is 0. The predicted molar refractivity (Wildman–Crippen MR) is 130 cm³/mol. The van der Waals surface area contributed by atoms with Gasteiger partial charge in [-0.2, -0.15) is 0 Å². The number of hydrogen-bond donors (Lipinski definition) is 3. The van der Waals surface area contributed by atoms with E-state index in [1.54, 1.807) is 0 Å². The lowest BCUT2D eigenvalue weighted by Crippen LogP contribution is -2.35. The second-order valence-electron chi connectivity index (χ2n) is 8.39. The van der Waals surface area contributed by atoms with E-state index in [9.17, 15) is 4.79 Å². The Morgan fingerprint density at radius 1 is 0.629 bits per heavy atom. The lowest BCUT2D eigenvalue weighted by Gasteiger charge is -2.22. The zero-order valence-electron chi connectivity index (χ0n) is 21.8. The third-order valence-electron chi connectivity index (χ3n) is 4.16. The van der Waals surface area contributed by atoms with Crippen molar-refractivity contribution in [2.45, 2.75) is 26.4 Å². The molecule has 0 rings (SSSR count). The van der Waals surface area contributed by atoms with Crippen molar-refractivity contribution in [3.63, 3.8) is 0 Å². The third kappa shape index (κ3) is 27.3. The molecular weight excluding hydrogens is 464 g/mol. The topological polar surface area (TPSA) is 137 Å². The molecule has 12 nitrogen and oxygen atoms in total. The summed E-state index contributed by atoms with van der Waals surface area (Å²) >= 11 is 0. The Kier molecular flexibility index (Phi) is 23.8. The van der Waals surface area contributed by atoms with E-state index in [2.05, 4.69) is 10.2 Å². The van der Waals surface area contributed by atoms with Gasteiger partial charge in [-0.1, -0.05) is 0 Å². The molecule has 0 aliphatic heterocycles. The summed E-state index contributed by atoms with van der Waals surface area (Å²) < 4.78 is 37.8. The molecule has 35 heavy (non-hydrogen) atoms. The van der Waals surface area contributed by atoms with Crippen molar-refractivity contribution in [1.29, 1.82) is 0 Å². The number of aliphatic hydroxyl groups excluding tert-OH is 2. The largest absolute Gasteiger partial charge is 0.444 e. The van der Waals surface area contributed by atoms with Gasteiger partial charge >= 0.3 is 6.09 Å². The number of rotatable bonds is 25. The molecule has 12 heteroatoms. The van der Waals surface area contributed by atoms with Gasteiger partial charge in [-0.15, -0.1) is 0 Å². The van der Waals surface area contributed by atoms with Gasteiger partial charge in [0.05, 0.1) is 92.5 Å². The van der Waals surface area contributed by atoms with Crippen LogP contribution in [-0.2, 0) is 33.2 Å². The Bertz CT molecular complexity index is 448. The summed E-state index contributed by atoms with van der Waals surface area (Å²) in [6.07, 6.45) is -0.458. The van der Waals surface area contributed by atoms with Crippen LogP contribution < -0.4 is 5.32 Å². The molecule has 0 aliphatic rings. The number of nitrogens with one attached hydrogen (secondary N) is 1. The SMILES string of the molecule is CC(C)(C)OC(=O)NCCOCCOCCN(CCOCCOCCO)CCOCCOCCO. The van der Waals surface area contributed by atoms with E-state index in [-0.39, 0.29) is 13.2 Å². The Morgan fingerprint density at radius 3 is 1.37 bits per heavy atom. The van der Waals surface area contributed by atoms with Crippen LogP contribution in [0.5, 0.6) is 0 Å². The molecule has 0 aromatic heterocycles. The van der Waals surface area contributed by atoms with E-state index >= 15 is 0 Å².